The molecule has 0 unspecified atom stereocenters. The van der Waals surface area contributed by atoms with Crippen molar-refractivity contribution in [1.29, 1.82) is 0 Å². The summed E-state index contributed by atoms with van der Waals surface area (Å²) in [4.78, 5) is 11.0. The van der Waals surface area contributed by atoms with Crippen LogP contribution in [0.15, 0.2) is 16.9 Å². The largest absolute Gasteiger partial charge is 0.297 e. The van der Waals surface area contributed by atoms with E-state index in [-0.39, 0.29) is 5.39 Å². The van der Waals surface area contributed by atoms with Crippen LogP contribution in [0, 0.1) is 12.7 Å². The standard InChI is InChI=1S/C8H7FN2O/c1-4-2-3-5(9)6-7(4)10-11-8(6)12/h2-3H,1H3,(H2,10,11,12). The molecule has 62 valence electrons. The monoisotopic (exact) mass is 166 g/mol. The number of hydrogen-bond acceptors (Lipinski definition) is 1. The molecular formula is C8H7FN2O. The number of aromatic amines is 2. The Balaban J connectivity index is 3.09. The predicted molar refractivity (Wildman–Crippen MR) is 43.6 cm³/mol. The number of H-pyrrole nitrogens is 2. The molecule has 12 heavy (non-hydrogen) atoms. The fourth-order valence-corrected chi connectivity index (χ4v) is 1.25. The van der Waals surface area contributed by atoms with Crippen molar-refractivity contribution < 1.29 is 4.39 Å². The fraction of sp³-hybridized carbons (Fsp3) is 0.125. The van der Waals surface area contributed by atoms with Gasteiger partial charge in [-0.15, -0.1) is 0 Å². The van der Waals surface area contributed by atoms with E-state index in [1.54, 1.807) is 6.07 Å². The number of aryl methyl sites for hydroxylation is 1. The topological polar surface area (TPSA) is 48.6 Å². The van der Waals surface area contributed by atoms with Crippen LogP contribution in [-0.2, 0) is 0 Å². The first-order chi connectivity index (χ1) is 5.70. The van der Waals surface area contributed by atoms with Gasteiger partial charge >= 0.3 is 0 Å². The van der Waals surface area contributed by atoms with Gasteiger partial charge in [-0.05, 0) is 18.6 Å². The Kier molecular flexibility index (Phi) is 1.30. The van der Waals surface area contributed by atoms with E-state index >= 15 is 0 Å². The summed E-state index contributed by atoms with van der Waals surface area (Å²) in [6, 6.07) is 2.92. The average Bonchev–Trinajstić information content (AvgIpc) is 2.42. The van der Waals surface area contributed by atoms with E-state index in [0.29, 0.717) is 5.52 Å². The minimum atomic E-state index is -0.488. The predicted octanol–water partition coefficient (Wildman–Crippen LogP) is 1.30. The van der Waals surface area contributed by atoms with Crippen molar-refractivity contribution in [1.82, 2.24) is 10.2 Å². The highest BCUT2D eigenvalue weighted by atomic mass is 19.1. The molecule has 0 bridgehead atoms. The second-order valence-electron chi connectivity index (χ2n) is 2.69. The van der Waals surface area contributed by atoms with Crippen molar-refractivity contribution in [3.05, 3.63) is 33.9 Å². The van der Waals surface area contributed by atoms with Gasteiger partial charge in [-0.25, -0.2) is 4.39 Å². The van der Waals surface area contributed by atoms with Crippen molar-refractivity contribution in [2.75, 3.05) is 0 Å². The molecule has 0 amide bonds. The molecule has 3 nitrogen and oxygen atoms in total. The third-order valence-electron chi connectivity index (χ3n) is 1.89. The Morgan fingerprint density at radius 3 is 2.75 bits per heavy atom. The van der Waals surface area contributed by atoms with Crippen LogP contribution >= 0.6 is 0 Å². The van der Waals surface area contributed by atoms with Crippen LogP contribution in [0.3, 0.4) is 0 Å². The quantitative estimate of drug-likeness (QED) is 0.609. The van der Waals surface area contributed by atoms with Crippen molar-refractivity contribution >= 4 is 10.9 Å². The van der Waals surface area contributed by atoms with E-state index < -0.39 is 11.4 Å². The summed E-state index contributed by atoms with van der Waals surface area (Å²) >= 11 is 0. The fourth-order valence-electron chi connectivity index (χ4n) is 1.25. The zero-order valence-corrected chi connectivity index (χ0v) is 6.44. The van der Waals surface area contributed by atoms with Crippen molar-refractivity contribution in [2.24, 2.45) is 0 Å². The molecule has 2 rings (SSSR count). The second-order valence-corrected chi connectivity index (χ2v) is 2.69. The van der Waals surface area contributed by atoms with Gasteiger partial charge in [-0.1, -0.05) is 6.07 Å². The lowest BCUT2D eigenvalue weighted by atomic mass is 10.1. The minimum Gasteiger partial charge on any atom is -0.297 e. The lowest BCUT2D eigenvalue weighted by Crippen LogP contribution is -1.99. The summed E-state index contributed by atoms with van der Waals surface area (Å²) in [5, 5.41) is 5.06. The molecule has 1 aromatic heterocycles. The minimum absolute atomic E-state index is 0.106. The molecule has 0 aliphatic rings. The molecule has 1 heterocycles. The number of rotatable bonds is 0. The molecule has 0 spiro atoms. The van der Waals surface area contributed by atoms with E-state index in [2.05, 4.69) is 10.2 Å². The Morgan fingerprint density at radius 2 is 2.08 bits per heavy atom. The first-order valence-corrected chi connectivity index (χ1v) is 3.55. The van der Waals surface area contributed by atoms with Gasteiger partial charge in [0, 0.05) is 0 Å². The summed E-state index contributed by atoms with van der Waals surface area (Å²) in [6.07, 6.45) is 0. The van der Waals surface area contributed by atoms with Gasteiger partial charge in [0.25, 0.3) is 5.56 Å². The molecule has 1 aromatic carbocycles. The van der Waals surface area contributed by atoms with Crippen LogP contribution in [0.4, 0.5) is 4.39 Å². The molecule has 4 heteroatoms. The van der Waals surface area contributed by atoms with E-state index in [0.717, 1.165) is 5.56 Å². The van der Waals surface area contributed by atoms with E-state index in [1.807, 2.05) is 6.92 Å². The average molecular weight is 166 g/mol. The van der Waals surface area contributed by atoms with Crippen LogP contribution < -0.4 is 5.56 Å². The van der Waals surface area contributed by atoms with E-state index in [9.17, 15) is 9.18 Å². The Morgan fingerprint density at radius 1 is 1.33 bits per heavy atom. The number of halogens is 1. The highest BCUT2D eigenvalue weighted by Gasteiger charge is 2.07. The number of benzene rings is 1. The summed E-state index contributed by atoms with van der Waals surface area (Å²) in [6.45, 7) is 1.81. The molecule has 0 saturated heterocycles. The third-order valence-corrected chi connectivity index (χ3v) is 1.89. The maximum absolute atomic E-state index is 13.0. The highest BCUT2D eigenvalue weighted by molar-refractivity contribution is 5.81. The molecule has 0 aliphatic carbocycles. The van der Waals surface area contributed by atoms with E-state index in [1.165, 1.54) is 6.07 Å². The van der Waals surface area contributed by atoms with Crippen LogP contribution in [0.1, 0.15) is 5.56 Å². The molecule has 2 aromatic rings. The van der Waals surface area contributed by atoms with Crippen molar-refractivity contribution in [2.45, 2.75) is 6.92 Å². The molecule has 0 radical (unpaired) electrons. The smallest absolute Gasteiger partial charge is 0.274 e. The molecule has 2 N–H and O–H groups in total. The number of nitrogens with one attached hydrogen (secondary N) is 2. The zero-order valence-electron chi connectivity index (χ0n) is 6.44. The molecule has 0 saturated carbocycles. The van der Waals surface area contributed by atoms with Gasteiger partial charge in [-0.2, -0.15) is 0 Å². The van der Waals surface area contributed by atoms with E-state index in [4.69, 9.17) is 0 Å². The van der Waals surface area contributed by atoms with Gasteiger partial charge < -0.3 is 0 Å². The summed E-state index contributed by atoms with van der Waals surface area (Å²) in [5.74, 6) is -0.488. The van der Waals surface area contributed by atoms with Gasteiger partial charge in [0.1, 0.15) is 11.2 Å². The van der Waals surface area contributed by atoms with Gasteiger partial charge in [0.15, 0.2) is 0 Å². The summed E-state index contributed by atoms with van der Waals surface area (Å²) in [7, 11) is 0. The number of fused-ring (bicyclic) bond motifs is 1. The molecular weight excluding hydrogens is 159 g/mol. The lowest BCUT2D eigenvalue weighted by molar-refractivity contribution is 0.639. The Labute approximate surface area is 67.2 Å². The SMILES string of the molecule is Cc1ccc(F)c2c(=O)[nH][nH]c12. The van der Waals surface area contributed by atoms with Gasteiger partial charge in [-0.3, -0.25) is 15.0 Å². The molecule has 0 aliphatic heterocycles. The van der Waals surface area contributed by atoms with Crippen LogP contribution in [0.2, 0.25) is 0 Å². The Hall–Kier alpha value is -1.58. The Bertz CT molecular complexity index is 483. The summed E-state index contributed by atoms with van der Waals surface area (Å²) in [5.41, 5.74) is 0.982. The number of aromatic nitrogens is 2. The third kappa shape index (κ3) is 0.777. The van der Waals surface area contributed by atoms with Crippen molar-refractivity contribution in [3.8, 4) is 0 Å². The highest BCUT2D eigenvalue weighted by Crippen LogP contribution is 2.14. The molecule has 0 atom stereocenters. The maximum atomic E-state index is 13.0. The maximum Gasteiger partial charge on any atom is 0.274 e. The zero-order chi connectivity index (χ0) is 8.72. The summed E-state index contributed by atoms with van der Waals surface area (Å²) < 4.78 is 13.0. The van der Waals surface area contributed by atoms with Crippen molar-refractivity contribution in [3.63, 3.8) is 0 Å². The van der Waals surface area contributed by atoms with Crippen LogP contribution in [0.5, 0.6) is 0 Å². The second kappa shape index (κ2) is 2.20. The first kappa shape index (κ1) is 7.09. The molecule has 0 fully saturated rings. The van der Waals surface area contributed by atoms with Gasteiger partial charge in [0.2, 0.25) is 0 Å². The van der Waals surface area contributed by atoms with Crippen LogP contribution in [-0.4, -0.2) is 10.2 Å². The normalized spacial score (nSPS) is 10.8. The lowest BCUT2D eigenvalue weighted by Gasteiger charge is -1.93. The van der Waals surface area contributed by atoms with Crippen LogP contribution in [0.25, 0.3) is 10.9 Å². The number of hydrogen-bond donors (Lipinski definition) is 2. The first-order valence-electron chi connectivity index (χ1n) is 3.55. The van der Waals surface area contributed by atoms with Gasteiger partial charge in [0.05, 0.1) is 5.52 Å².